The van der Waals surface area contributed by atoms with Gasteiger partial charge < -0.3 is 4.90 Å². The molecule has 1 rings (SSSR count). The Hall–Kier alpha value is -1.12. The summed E-state index contributed by atoms with van der Waals surface area (Å²) in [5.74, 6) is 0.796. The SMILES string of the molecule is Cc1ccnc(N(C)C(C)C)n1. The van der Waals surface area contributed by atoms with Crippen LogP contribution in [-0.2, 0) is 0 Å². The van der Waals surface area contributed by atoms with Crippen molar-refractivity contribution < 1.29 is 0 Å². The normalized spacial score (nSPS) is 10.4. The van der Waals surface area contributed by atoms with Crippen LogP contribution in [0.25, 0.3) is 0 Å². The van der Waals surface area contributed by atoms with Crippen molar-refractivity contribution in [1.82, 2.24) is 9.97 Å². The number of aromatic nitrogens is 2. The number of hydrogen-bond donors (Lipinski definition) is 0. The summed E-state index contributed by atoms with van der Waals surface area (Å²) in [5, 5.41) is 0. The molecule has 0 aliphatic rings. The van der Waals surface area contributed by atoms with Gasteiger partial charge in [-0.25, -0.2) is 9.97 Å². The fraction of sp³-hybridized carbons (Fsp3) is 0.556. The lowest BCUT2D eigenvalue weighted by Crippen LogP contribution is -2.27. The molecule has 12 heavy (non-hydrogen) atoms. The Balaban J connectivity index is 2.88. The van der Waals surface area contributed by atoms with Crippen LogP contribution in [0.4, 0.5) is 5.95 Å². The summed E-state index contributed by atoms with van der Waals surface area (Å²) in [6, 6.07) is 2.34. The van der Waals surface area contributed by atoms with E-state index < -0.39 is 0 Å². The van der Waals surface area contributed by atoms with Crippen LogP contribution in [0.1, 0.15) is 19.5 Å². The molecule has 0 spiro atoms. The Morgan fingerprint density at radius 1 is 1.42 bits per heavy atom. The van der Waals surface area contributed by atoms with Crippen molar-refractivity contribution in [2.45, 2.75) is 26.8 Å². The van der Waals surface area contributed by atoms with Gasteiger partial charge in [0.05, 0.1) is 0 Å². The first-order chi connectivity index (χ1) is 5.61. The quantitative estimate of drug-likeness (QED) is 0.667. The van der Waals surface area contributed by atoms with E-state index in [1.165, 1.54) is 0 Å². The van der Waals surface area contributed by atoms with Crippen molar-refractivity contribution in [1.29, 1.82) is 0 Å². The van der Waals surface area contributed by atoms with E-state index in [0.717, 1.165) is 11.6 Å². The van der Waals surface area contributed by atoms with Crippen LogP contribution in [-0.4, -0.2) is 23.1 Å². The van der Waals surface area contributed by atoms with Gasteiger partial charge in [-0.3, -0.25) is 0 Å². The number of aryl methyl sites for hydroxylation is 1. The zero-order valence-corrected chi connectivity index (χ0v) is 8.07. The van der Waals surface area contributed by atoms with E-state index in [4.69, 9.17) is 0 Å². The van der Waals surface area contributed by atoms with Crippen LogP contribution in [0.3, 0.4) is 0 Å². The van der Waals surface area contributed by atoms with E-state index in [1.54, 1.807) is 6.20 Å². The van der Waals surface area contributed by atoms with Crippen molar-refractivity contribution >= 4 is 5.95 Å². The van der Waals surface area contributed by atoms with Gasteiger partial charge in [-0.15, -0.1) is 0 Å². The maximum absolute atomic E-state index is 4.31. The molecule has 0 atom stereocenters. The average Bonchev–Trinajstić information content (AvgIpc) is 2.03. The van der Waals surface area contributed by atoms with Crippen LogP contribution < -0.4 is 4.90 Å². The summed E-state index contributed by atoms with van der Waals surface area (Å²) in [6.07, 6.45) is 1.79. The number of anilines is 1. The second-order valence-electron chi connectivity index (χ2n) is 3.20. The molecule has 1 aromatic heterocycles. The molecule has 0 aromatic carbocycles. The highest BCUT2D eigenvalue weighted by Gasteiger charge is 2.06. The van der Waals surface area contributed by atoms with Gasteiger partial charge >= 0.3 is 0 Å². The molecule has 0 radical (unpaired) electrons. The second-order valence-corrected chi connectivity index (χ2v) is 3.20. The topological polar surface area (TPSA) is 29.0 Å². The minimum atomic E-state index is 0.437. The summed E-state index contributed by atoms with van der Waals surface area (Å²) < 4.78 is 0. The van der Waals surface area contributed by atoms with Crippen LogP contribution >= 0.6 is 0 Å². The third-order valence-corrected chi connectivity index (χ3v) is 1.87. The van der Waals surface area contributed by atoms with E-state index in [9.17, 15) is 0 Å². The van der Waals surface area contributed by atoms with E-state index in [1.807, 2.05) is 24.9 Å². The lowest BCUT2D eigenvalue weighted by atomic mass is 10.3. The molecule has 0 bridgehead atoms. The molecule has 0 amide bonds. The highest BCUT2D eigenvalue weighted by Crippen LogP contribution is 2.07. The monoisotopic (exact) mass is 165 g/mol. The lowest BCUT2D eigenvalue weighted by molar-refractivity contribution is 0.727. The van der Waals surface area contributed by atoms with Crippen molar-refractivity contribution in [3.05, 3.63) is 18.0 Å². The predicted molar refractivity (Wildman–Crippen MR) is 50.3 cm³/mol. The van der Waals surface area contributed by atoms with Crippen molar-refractivity contribution in [3.63, 3.8) is 0 Å². The summed E-state index contributed by atoms with van der Waals surface area (Å²) in [6.45, 7) is 6.21. The molecule has 1 aromatic rings. The third kappa shape index (κ3) is 1.94. The zero-order valence-electron chi connectivity index (χ0n) is 8.07. The van der Waals surface area contributed by atoms with Crippen molar-refractivity contribution in [2.24, 2.45) is 0 Å². The van der Waals surface area contributed by atoms with Gasteiger partial charge in [-0.1, -0.05) is 0 Å². The zero-order chi connectivity index (χ0) is 9.14. The Labute approximate surface area is 73.5 Å². The average molecular weight is 165 g/mol. The largest absolute Gasteiger partial charge is 0.341 e. The van der Waals surface area contributed by atoms with Gasteiger partial charge in [0.15, 0.2) is 0 Å². The Kier molecular flexibility index (Phi) is 2.63. The molecule has 0 saturated carbocycles. The molecule has 3 heteroatoms. The minimum Gasteiger partial charge on any atom is -0.341 e. The minimum absolute atomic E-state index is 0.437. The van der Waals surface area contributed by atoms with Crippen LogP contribution in [0, 0.1) is 6.92 Å². The smallest absolute Gasteiger partial charge is 0.225 e. The van der Waals surface area contributed by atoms with Gasteiger partial charge in [0.25, 0.3) is 0 Å². The third-order valence-electron chi connectivity index (χ3n) is 1.87. The molecule has 0 N–H and O–H groups in total. The first-order valence-electron chi connectivity index (χ1n) is 4.13. The molecule has 0 fully saturated rings. The van der Waals surface area contributed by atoms with Crippen molar-refractivity contribution in [3.8, 4) is 0 Å². The van der Waals surface area contributed by atoms with E-state index in [0.29, 0.717) is 6.04 Å². The Morgan fingerprint density at radius 2 is 2.08 bits per heavy atom. The van der Waals surface area contributed by atoms with Gasteiger partial charge in [-0.05, 0) is 26.8 Å². The van der Waals surface area contributed by atoms with Gasteiger partial charge in [0.2, 0.25) is 5.95 Å². The van der Waals surface area contributed by atoms with Crippen LogP contribution in [0.5, 0.6) is 0 Å². The fourth-order valence-corrected chi connectivity index (χ4v) is 0.837. The predicted octanol–water partition coefficient (Wildman–Crippen LogP) is 1.63. The molecule has 66 valence electrons. The first kappa shape index (κ1) is 8.97. The molecule has 0 aliphatic carbocycles. The molecule has 0 aliphatic heterocycles. The highest BCUT2D eigenvalue weighted by atomic mass is 15.2. The summed E-state index contributed by atoms with van der Waals surface area (Å²) in [4.78, 5) is 10.5. The van der Waals surface area contributed by atoms with E-state index >= 15 is 0 Å². The van der Waals surface area contributed by atoms with E-state index in [-0.39, 0.29) is 0 Å². The van der Waals surface area contributed by atoms with E-state index in [2.05, 4.69) is 23.8 Å². The van der Waals surface area contributed by atoms with Gasteiger partial charge in [-0.2, -0.15) is 0 Å². The highest BCUT2D eigenvalue weighted by molar-refractivity contribution is 5.29. The maximum Gasteiger partial charge on any atom is 0.225 e. The Morgan fingerprint density at radius 3 is 2.58 bits per heavy atom. The molecular formula is C9H15N3. The number of nitrogens with zero attached hydrogens (tertiary/aromatic N) is 3. The number of rotatable bonds is 2. The van der Waals surface area contributed by atoms with Gasteiger partial charge in [0.1, 0.15) is 0 Å². The molecule has 3 nitrogen and oxygen atoms in total. The molecule has 0 unspecified atom stereocenters. The van der Waals surface area contributed by atoms with Crippen LogP contribution in [0.15, 0.2) is 12.3 Å². The first-order valence-corrected chi connectivity index (χ1v) is 4.13. The summed E-state index contributed by atoms with van der Waals surface area (Å²) >= 11 is 0. The summed E-state index contributed by atoms with van der Waals surface area (Å²) in [5.41, 5.74) is 1.01. The molecule has 1 heterocycles. The number of hydrogen-bond acceptors (Lipinski definition) is 3. The molecule has 0 saturated heterocycles. The Bertz CT molecular complexity index is 258. The standard InChI is InChI=1S/C9H15N3/c1-7(2)12(4)9-10-6-5-8(3)11-9/h5-7H,1-4H3. The summed E-state index contributed by atoms with van der Waals surface area (Å²) in [7, 11) is 2.00. The van der Waals surface area contributed by atoms with Gasteiger partial charge in [0, 0.05) is 25.0 Å². The lowest BCUT2D eigenvalue weighted by Gasteiger charge is -2.20. The maximum atomic E-state index is 4.31. The fourth-order valence-electron chi connectivity index (χ4n) is 0.837. The second kappa shape index (κ2) is 3.52. The molecular weight excluding hydrogens is 150 g/mol. The van der Waals surface area contributed by atoms with Crippen molar-refractivity contribution in [2.75, 3.05) is 11.9 Å². The van der Waals surface area contributed by atoms with Crippen LogP contribution in [0.2, 0.25) is 0 Å².